The van der Waals surface area contributed by atoms with Crippen LogP contribution in [0.4, 0.5) is 21.5 Å². The zero-order valence-corrected chi connectivity index (χ0v) is 11.0. The molecule has 0 atom stereocenters. The van der Waals surface area contributed by atoms with Crippen LogP contribution in [0.25, 0.3) is 0 Å². The van der Waals surface area contributed by atoms with Gasteiger partial charge in [-0.15, -0.1) is 0 Å². The van der Waals surface area contributed by atoms with Gasteiger partial charge in [0, 0.05) is 27.1 Å². The smallest absolute Gasteiger partial charge is 0.221 e. The van der Waals surface area contributed by atoms with Crippen LogP contribution >= 0.6 is 11.6 Å². The van der Waals surface area contributed by atoms with Crippen LogP contribution in [-0.4, -0.2) is 26.5 Å². The maximum atomic E-state index is 13.9. The molecule has 1 rings (SSSR count). The fourth-order valence-corrected chi connectivity index (χ4v) is 1.69. The molecule has 0 aromatic heterocycles. The Morgan fingerprint density at radius 2 is 2.11 bits per heavy atom. The van der Waals surface area contributed by atoms with Crippen molar-refractivity contribution in [3.8, 4) is 0 Å². The minimum absolute atomic E-state index is 0.0927. The second-order valence-corrected chi connectivity index (χ2v) is 4.25. The van der Waals surface area contributed by atoms with Crippen molar-refractivity contribution in [1.82, 2.24) is 5.32 Å². The van der Waals surface area contributed by atoms with Crippen LogP contribution in [0.15, 0.2) is 6.07 Å². The highest BCUT2D eigenvalue weighted by atomic mass is 35.5. The maximum absolute atomic E-state index is 13.9. The van der Waals surface area contributed by atoms with Crippen LogP contribution in [0.3, 0.4) is 0 Å². The molecule has 0 heterocycles. The van der Waals surface area contributed by atoms with Gasteiger partial charge in [-0.3, -0.25) is 4.79 Å². The van der Waals surface area contributed by atoms with Gasteiger partial charge in [0.15, 0.2) is 5.82 Å². The lowest BCUT2D eigenvalue weighted by Gasteiger charge is -2.22. The fourth-order valence-electron chi connectivity index (χ4n) is 1.55. The van der Waals surface area contributed by atoms with E-state index in [1.165, 1.54) is 18.0 Å². The quantitative estimate of drug-likeness (QED) is 0.721. The van der Waals surface area contributed by atoms with Crippen molar-refractivity contribution in [2.75, 3.05) is 37.0 Å². The number of nitrogens with two attached hydrogens (primary N) is 2. The summed E-state index contributed by atoms with van der Waals surface area (Å²) in [7, 11) is 3.17. The number of rotatable bonds is 4. The molecule has 1 aromatic carbocycles. The van der Waals surface area contributed by atoms with E-state index in [0.717, 1.165) is 0 Å². The summed E-state index contributed by atoms with van der Waals surface area (Å²) in [5.41, 5.74) is 11.6. The Kier molecular flexibility index (Phi) is 4.61. The summed E-state index contributed by atoms with van der Waals surface area (Å²) in [5.74, 6) is -0.809. The first-order chi connectivity index (χ1) is 8.38. The Hall–Kier alpha value is -1.69. The van der Waals surface area contributed by atoms with Crippen LogP contribution < -0.4 is 21.7 Å². The van der Waals surface area contributed by atoms with E-state index in [1.54, 1.807) is 7.05 Å². The molecule has 0 aliphatic heterocycles. The van der Waals surface area contributed by atoms with Crippen molar-refractivity contribution < 1.29 is 9.18 Å². The number of amides is 1. The third-order valence-electron chi connectivity index (χ3n) is 2.57. The summed E-state index contributed by atoms with van der Waals surface area (Å²) >= 11 is 5.73. The number of hydrogen-bond acceptors (Lipinski definition) is 4. The Morgan fingerprint density at radius 1 is 1.50 bits per heavy atom. The van der Waals surface area contributed by atoms with Crippen molar-refractivity contribution in [2.45, 2.75) is 6.42 Å². The monoisotopic (exact) mass is 274 g/mol. The highest BCUT2D eigenvalue weighted by molar-refractivity contribution is 6.33. The lowest BCUT2D eigenvalue weighted by Crippen LogP contribution is -2.27. The van der Waals surface area contributed by atoms with Gasteiger partial charge in [0.05, 0.1) is 17.1 Å². The Bertz CT molecular complexity index is 467. The number of hydrogen-bond donors (Lipinski definition) is 3. The van der Waals surface area contributed by atoms with E-state index in [9.17, 15) is 9.18 Å². The number of nitrogen functional groups attached to an aromatic ring is 2. The van der Waals surface area contributed by atoms with Crippen molar-refractivity contribution in [2.24, 2.45) is 0 Å². The number of carbonyl (C=O) groups is 1. The van der Waals surface area contributed by atoms with E-state index < -0.39 is 5.82 Å². The summed E-state index contributed by atoms with van der Waals surface area (Å²) < 4.78 is 13.9. The van der Waals surface area contributed by atoms with E-state index in [4.69, 9.17) is 23.1 Å². The SMILES string of the molecule is CNC(=O)CCN(C)c1c(N)cc(N)c(Cl)c1F. The lowest BCUT2D eigenvalue weighted by atomic mass is 10.2. The number of anilines is 3. The third-order valence-corrected chi connectivity index (χ3v) is 2.96. The van der Waals surface area contributed by atoms with Crippen LogP contribution in [0.1, 0.15) is 6.42 Å². The topological polar surface area (TPSA) is 84.4 Å². The standard InChI is InChI=1S/C11H16ClFN4O/c1-16-8(18)3-4-17(2)11-7(15)5-6(14)9(12)10(11)13/h5H,3-4,14-15H2,1-2H3,(H,16,18). The highest BCUT2D eigenvalue weighted by Gasteiger charge is 2.17. The van der Waals surface area contributed by atoms with E-state index in [0.29, 0.717) is 6.54 Å². The van der Waals surface area contributed by atoms with E-state index in [2.05, 4.69) is 5.32 Å². The summed E-state index contributed by atoms with van der Waals surface area (Å²) in [4.78, 5) is 12.7. The molecule has 0 saturated heterocycles. The van der Waals surface area contributed by atoms with Gasteiger partial charge >= 0.3 is 0 Å². The molecular formula is C11H16ClFN4O. The first kappa shape index (κ1) is 14.4. The molecule has 0 aliphatic rings. The lowest BCUT2D eigenvalue weighted by molar-refractivity contribution is -0.120. The molecule has 100 valence electrons. The molecular weight excluding hydrogens is 259 g/mol. The number of nitrogens with one attached hydrogen (secondary N) is 1. The molecule has 0 aliphatic carbocycles. The molecule has 5 nitrogen and oxygen atoms in total. The largest absolute Gasteiger partial charge is 0.397 e. The average Bonchev–Trinajstić information content (AvgIpc) is 2.33. The van der Waals surface area contributed by atoms with Crippen molar-refractivity contribution in [3.05, 3.63) is 16.9 Å². The van der Waals surface area contributed by atoms with Gasteiger partial charge in [-0.2, -0.15) is 0 Å². The second-order valence-electron chi connectivity index (χ2n) is 3.88. The Labute approximate surface area is 110 Å². The zero-order valence-electron chi connectivity index (χ0n) is 10.3. The first-order valence-electron chi connectivity index (χ1n) is 5.33. The summed E-state index contributed by atoms with van der Waals surface area (Å²) in [6.07, 6.45) is 0.230. The number of halogens is 2. The predicted molar refractivity (Wildman–Crippen MR) is 72.2 cm³/mol. The number of nitrogens with zero attached hydrogens (tertiary/aromatic N) is 1. The van der Waals surface area contributed by atoms with E-state index in [-0.39, 0.29) is 34.4 Å². The van der Waals surface area contributed by atoms with Crippen LogP contribution in [-0.2, 0) is 4.79 Å². The van der Waals surface area contributed by atoms with Crippen molar-refractivity contribution in [3.63, 3.8) is 0 Å². The molecule has 1 amide bonds. The average molecular weight is 275 g/mol. The first-order valence-corrected chi connectivity index (χ1v) is 5.71. The Morgan fingerprint density at radius 3 is 2.67 bits per heavy atom. The molecule has 1 aromatic rings. The van der Waals surface area contributed by atoms with Crippen LogP contribution in [0.2, 0.25) is 5.02 Å². The molecule has 5 N–H and O–H groups in total. The fraction of sp³-hybridized carbons (Fsp3) is 0.364. The van der Waals surface area contributed by atoms with Gasteiger partial charge in [-0.25, -0.2) is 4.39 Å². The highest BCUT2D eigenvalue weighted by Crippen LogP contribution is 2.35. The van der Waals surface area contributed by atoms with E-state index in [1.807, 2.05) is 0 Å². The van der Waals surface area contributed by atoms with Gasteiger partial charge in [0.25, 0.3) is 0 Å². The number of benzene rings is 1. The molecule has 7 heteroatoms. The summed E-state index contributed by atoms with van der Waals surface area (Å²) in [6.45, 7) is 0.320. The molecule has 18 heavy (non-hydrogen) atoms. The molecule has 0 bridgehead atoms. The van der Waals surface area contributed by atoms with Gasteiger partial charge in [0.1, 0.15) is 5.02 Å². The van der Waals surface area contributed by atoms with Gasteiger partial charge in [0.2, 0.25) is 5.91 Å². The van der Waals surface area contributed by atoms with Crippen molar-refractivity contribution in [1.29, 1.82) is 0 Å². The Balaban J connectivity index is 2.95. The summed E-state index contributed by atoms with van der Waals surface area (Å²) in [6, 6.07) is 1.40. The van der Waals surface area contributed by atoms with E-state index >= 15 is 0 Å². The molecule has 0 unspecified atom stereocenters. The van der Waals surface area contributed by atoms with Crippen LogP contribution in [0.5, 0.6) is 0 Å². The molecule has 0 radical (unpaired) electrons. The summed E-state index contributed by atoms with van der Waals surface area (Å²) in [5, 5.41) is 2.32. The minimum atomic E-state index is -0.673. The van der Waals surface area contributed by atoms with Gasteiger partial charge in [-0.05, 0) is 6.07 Å². The molecule has 0 fully saturated rings. The third kappa shape index (κ3) is 2.95. The maximum Gasteiger partial charge on any atom is 0.221 e. The predicted octanol–water partition coefficient (Wildman–Crippen LogP) is 1.22. The van der Waals surface area contributed by atoms with Gasteiger partial charge in [-0.1, -0.05) is 11.6 Å². The van der Waals surface area contributed by atoms with Crippen LogP contribution in [0, 0.1) is 5.82 Å². The van der Waals surface area contributed by atoms with Gasteiger partial charge < -0.3 is 21.7 Å². The van der Waals surface area contributed by atoms with Crippen molar-refractivity contribution >= 4 is 34.6 Å². The second kappa shape index (κ2) is 5.77. The zero-order chi connectivity index (χ0) is 13.9. The minimum Gasteiger partial charge on any atom is -0.397 e. The number of carbonyl (C=O) groups excluding carboxylic acids is 1. The molecule has 0 saturated carbocycles. The molecule has 0 spiro atoms. The normalized spacial score (nSPS) is 10.2.